The van der Waals surface area contributed by atoms with Crippen molar-refractivity contribution >= 4 is 17.5 Å². The van der Waals surface area contributed by atoms with Crippen LogP contribution in [-0.2, 0) is 11.3 Å². The second-order valence-corrected chi connectivity index (χ2v) is 6.48. The molecule has 13 heteroatoms. The van der Waals surface area contributed by atoms with E-state index >= 15 is 0 Å². The van der Waals surface area contributed by atoms with Crippen molar-refractivity contribution in [2.45, 2.75) is 32.1 Å². The predicted octanol–water partition coefficient (Wildman–Crippen LogP) is 4.39. The first-order chi connectivity index (χ1) is 15.3. The second-order valence-electron chi connectivity index (χ2n) is 6.48. The zero-order valence-electron chi connectivity index (χ0n) is 16.7. The highest BCUT2D eigenvalue weighted by atomic mass is 16.9. The number of unbranched alkanes of at least 4 members (excludes halogenated alkanes) is 3. The summed E-state index contributed by atoms with van der Waals surface area (Å²) in [6.45, 7) is -0.00729. The summed E-state index contributed by atoms with van der Waals surface area (Å²) in [5.74, 6) is 0.111. The molecule has 0 aliphatic carbocycles. The van der Waals surface area contributed by atoms with Crippen LogP contribution in [-0.4, -0.2) is 27.7 Å². The molecule has 0 atom stereocenters. The molecule has 0 radical (unpaired) electrons. The Labute approximate surface area is 180 Å². The molecule has 0 spiro atoms. The van der Waals surface area contributed by atoms with Gasteiger partial charge in [-0.25, -0.2) is 4.79 Å². The third-order valence-electron chi connectivity index (χ3n) is 4.23. The van der Waals surface area contributed by atoms with Crippen LogP contribution >= 0.6 is 0 Å². The maximum Gasteiger partial charge on any atom is 0.519 e. The van der Waals surface area contributed by atoms with Gasteiger partial charge in [-0.3, -0.25) is 20.2 Å². The summed E-state index contributed by atoms with van der Waals surface area (Å²) < 4.78 is 10.2. The number of nitrogens with zero attached hydrogens (tertiary/aromatic N) is 3. The van der Waals surface area contributed by atoms with E-state index in [4.69, 9.17) is 9.47 Å². The van der Waals surface area contributed by atoms with Gasteiger partial charge in [0, 0.05) is 29.8 Å². The van der Waals surface area contributed by atoms with E-state index in [1.807, 2.05) is 0 Å². The van der Waals surface area contributed by atoms with Gasteiger partial charge in [0.15, 0.2) is 0 Å². The van der Waals surface area contributed by atoms with Gasteiger partial charge in [0.25, 0.3) is 16.5 Å². The lowest BCUT2D eigenvalue weighted by Gasteiger charge is -2.10. The highest BCUT2D eigenvalue weighted by Gasteiger charge is 2.16. The summed E-state index contributed by atoms with van der Waals surface area (Å²) in [6.07, 6.45) is 1.66. The minimum atomic E-state index is -1.11. The van der Waals surface area contributed by atoms with Crippen molar-refractivity contribution in [3.05, 3.63) is 78.4 Å². The molecule has 0 heterocycles. The third kappa shape index (κ3) is 7.85. The van der Waals surface area contributed by atoms with Crippen LogP contribution in [0.15, 0.2) is 42.5 Å². The van der Waals surface area contributed by atoms with Crippen LogP contribution in [0.5, 0.6) is 11.5 Å². The molecule has 0 aliphatic heterocycles. The molecule has 0 aromatic heterocycles. The van der Waals surface area contributed by atoms with Gasteiger partial charge in [-0.1, -0.05) is 12.8 Å². The molecule has 170 valence electrons. The normalized spacial score (nSPS) is 10.2. The lowest BCUT2D eigenvalue weighted by Crippen LogP contribution is -2.15. The largest absolute Gasteiger partial charge is 0.519 e. The summed E-state index contributed by atoms with van der Waals surface area (Å²) in [4.78, 5) is 47.0. The van der Waals surface area contributed by atoms with Crippen molar-refractivity contribution < 1.29 is 34.0 Å². The molecule has 0 N–H and O–H groups in total. The predicted molar refractivity (Wildman–Crippen MR) is 108 cm³/mol. The Morgan fingerprint density at radius 1 is 0.781 bits per heavy atom. The maximum atomic E-state index is 12.1. The fourth-order valence-corrected chi connectivity index (χ4v) is 2.73. The monoisotopic (exact) mass is 449 g/mol. The van der Waals surface area contributed by atoms with Gasteiger partial charge in [0.2, 0.25) is 0 Å². The molecule has 13 nitrogen and oxygen atoms in total. The molecule has 0 bridgehead atoms. The highest BCUT2D eigenvalue weighted by molar-refractivity contribution is 5.68. The lowest BCUT2D eigenvalue weighted by molar-refractivity contribution is -0.757. The minimum Gasteiger partial charge on any atom is -0.395 e. The molecule has 32 heavy (non-hydrogen) atoms. The van der Waals surface area contributed by atoms with Crippen molar-refractivity contribution in [2.24, 2.45) is 0 Å². The van der Waals surface area contributed by atoms with Crippen LogP contribution in [0.1, 0.15) is 31.2 Å². The Balaban J connectivity index is 1.96. The first-order valence-corrected chi connectivity index (χ1v) is 9.45. The molecule has 0 fully saturated rings. The Morgan fingerprint density at radius 3 is 2.03 bits per heavy atom. The molecular formula is C19H19N3O10. The van der Waals surface area contributed by atoms with Gasteiger partial charge in [-0.05, 0) is 37.5 Å². The van der Waals surface area contributed by atoms with Crippen LogP contribution in [0.3, 0.4) is 0 Å². The van der Waals surface area contributed by atoms with Crippen molar-refractivity contribution in [2.75, 3.05) is 6.61 Å². The van der Waals surface area contributed by atoms with Gasteiger partial charge in [-0.15, -0.1) is 10.1 Å². The van der Waals surface area contributed by atoms with Crippen LogP contribution in [0.4, 0.5) is 16.2 Å². The fraction of sp³-hybridized carbons (Fsp3) is 0.316. The number of non-ortho nitro benzene ring substituents is 2. The number of hydrogen-bond donors (Lipinski definition) is 0. The number of nitro groups is 2. The van der Waals surface area contributed by atoms with Gasteiger partial charge < -0.3 is 14.3 Å². The Kier molecular flexibility index (Phi) is 8.83. The standard InChI is InChI=1S/C19H19N3O10/c23-19(31-17-9-6-15(7-10-17)20(24)25)32-18-11-8-16(21(26)27)13-14(18)5-3-1-2-4-12-30-22(28)29/h6-11,13H,1-5,12H2. The number of benzene rings is 2. The van der Waals surface area contributed by atoms with Crippen molar-refractivity contribution in [1.82, 2.24) is 0 Å². The highest BCUT2D eigenvalue weighted by Crippen LogP contribution is 2.27. The first kappa shape index (κ1) is 24.0. The van der Waals surface area contributed by atoms with Crippen LogP contribution < -0.4 is 9.47 Å². The molecule has 0 unspecified atom stereocenters. The number of carbonyl (C=O) groups is 1. The van der Waals surface area contributed by atoms with E-state index in [0.717, 1.165) is 12.1 Å². The molecular weight excluding hydrogens is 430 g/mol. The van der Waals surface area contributed by atoms with Crippen LogP contribution in [0.25, 0.3) is 0 Å². The van der Waals surface area contributed by atoms with E-state index in [-0.39, 0.29) is 29.5 Å². The van der Waals surface area contributed by atoms with Crippen molar-refractivity contribution in [3.8, 4) is 11.5 Å². The molecule has 0 saturated carbocycles. The van der Waals surface area contributed by atoms with E-state index in [1.165, 1.54) is 30.3 Å². The molecule has 0 amide bonds. The van der Waals surface area contributed by atoms with Gasteiger partial charge in [0.1, 0.15) is 11.5 Å². The average Bonchev–Trinajstić information content (AvgIpc) is 2.74. The van der Waals surface area contributed by atoms with E-state index in [2.05, 4.69) is 4.84 Å². The average molecular weight is 449 g/mol. The number of ether oxygens (including phenoxy) is 2. The Bertz CT molecular complexity index is 978. The Morgan fingerprint density at radius 2 is 1.41 bits per heavy atom. The molecule has 0 saturated heterocycles. The van der Waals surface area contributed by atoms with Crippen LogP contribution in [0, 0.1) is 30.3 Å². The SMILES string of the molecule is O=C(Oc1ccc([N+](=O)[O-])cc1)Oc1ccc([N+](=O)[O-])cc1CCCCCCO[N+](=O)[O-]. The molecule has 2 rings (SSSR count). The number of hydrogen-bond acceptors (Lipinski definition) is 10. The van der Waals surface area contributed by atoms with Gasteiger partial charge in [-0.2, -0.15) is 0 Å². The van der Waals surface area contributed by atoms with Gasteiger partial charge in [0.05, 0.1) is 16.5 Å². The second kappa shape index (κ2) is 11.8. The summed E-state index contributed by atoms with van der Waals surface area (Å²) >= 11 is 0. The molecule has 2 aromatic carbocycles. The Hall–Kier alpha value is -4.29. The smallest absolute Gasteiger partial charge is 0.395 e. The molecule has 2 aromatic rings. The number of rotatable bonds is 12. The van der Waals surface area contributed by atoms with E-state index in [1.54, 1.807) is 0 Å². The number of carbonyl (C=O) groups excluding carboxylic acids is 1. The summed E-state index contributed by atoms with van der Waals surface area (Å²) in [6, 6.07) is 8.57. The minimum absolute atomic E-state index is 0.00729. The van der Waals surface area contributed by atoms with Crippen molar-refractivity contribution in [3.63, 3.8) is 0 Å². The number of aryl methyl sites for hydroxylation is 1. The topological polar surface area (TPSA) is 174 Å². The first-order valence-electron chi connectivity index (χ1n) is 9.45. The quantitative estimate of drug-likeness (QED) is 0.148. The van der Waals surface area contributed by atoms with Gasteiger partial charge >= 0.3 is 6.16 Å². The summed E-state index contributed by atoms with van der Waals surface area (Å²) in [5.41, 5.74) is 0.0742. The van der Waals surface area contributed by atoms with Crippen molar-refractivity contribution in [1.29, 1.82) is 0 Å². The van der Waals surface area contributed by atoms with Crippen LogP contribution in [0.2, 0.25) is 0 Å². The fourth-order valence-electron chi connectivity index (χ4n) is 2.73. The maximum absolute atomic E-state index is 12.1. The summed E-state index contributed by atoms with van der Waals surface area (Å²) in [5, 5.41) is 31.0. The molecule has 0 aliphatic rings. The summed E-state index contributed by atoms with van der Waals surface area (Å²) in [7, 11) is 0. The number of nitro benzene ring substituents is 2. The van der Waals surface area contributed by atoms with E-state index < -0.39 is 21.1 Å². The zero-order valence-corrected chi connectivity index (χ0v) is 16.7. The zero-order chi connectivity index (χ0) is 23.5. The van der Waals surface area contributed by atoms with E-state index in [9.17, 15) is 35.1 Å². The van der Waals surface area contributed by atoms with E-state index in [0.29, 0.717) is 37.7 Å². The lowest BCUT2D eigenvalue weighted by atomic mass is 10.0. The third-order valence-corrected chi connectivity index (χ3v) is 4.23.